The average molecular weight is 274 g/mol. The summed E-state index contributed by atoms with van der Waals surface area (Å²) in [4.78, 5) is 11.1. The SMILES string of the molecule is CCC(C)C=C(C)C=Cc1cc(O)c(C)c(O)c1C=O. The third-order valence-electron chi connectivity index (χ3n) is 3.43. The molecule has 0 saturated carbocycles. The Bertz CT molecular complexity index is 554. The second-order valence-electron chi connectivity index (χ2n) is 5.12. The van der Waals surface area contributed by atoms with Gasteiger partial charge in [-0.15, -0.1) is 0 Å². The van der Waals surface area contributed by atoms with Crippen LogP contribution in [-0.4, -0.2) is 16.5 Å². The van der Waals surface area contributed by atoms with Crippen molar-refractivity contribution in [3.8, 4) is 11.5 Å². The number of hydrogen-bond acceptors (Lipinski definition) is 3. The molecule has 0 aliphatic heterocycles. The van der Waals surface area contributed by atoms with Gasteiger partial charge < -0.3 is 10.2 Å². The number of phenolic OH excluding ortho intramolecular Hbond substituents is 2. The zero-order valence-electron chi connectivity index (χ0n) is 12.5. The minimum absolute atomic E-state index is 0.0173. The number of aldehydes is 1. The summed E-state index contributed by atoms with van der Waals surface area (Å²) in [6.07, 6.45) is 7.43. The molecule has 1 aromatic rings. The first-order valence-electron chi connectivity index (χ1n) is 6.77. The highest BCUT2D eigenvalue weighted by atomic mass is 16.3. The third-order valence-corrected chi connectivity index (χ3v) is 3.43. The van der Waals surface area contributed by atoms with Crippen LogP contribution in [0, 0.1) is 12.8 Å². The Morgan fingerprint density at radius 3 is 2.60 bits per heavy atom. The van der Waals surface area contributed by atoms with E-state index in [0.29, 0.717) is 23.3 Å². The number of aromatic hydroxyl groups is 2. The lowest BCUT2D eigenvalue weighted by atomic mass is 10.0. The Kier molecular flexibility index (Phi) is 5.56. The molecule has 0 amide bonds. The van der Waals surface area contributed by atoms with Crippen LogP contribution in [0.15, 0.2) is 23.8 Å². The smallest absolute Gasteiger partial charge is 0.154 e. The first kappa shape index (κ1) is 16.0. The molecule has 2 N–H and O–H groups in total. The normalized spacial score (nSPS) is 13.7. The van der Waals surface area contributed by atoms with E-state index in [9.17, 15) is 15.0 Å². The summed E-state index contributed by atoms with van der Waals surface area (Å²) in [7, 11) is 0. The molecule has 1 aromatic carbocycles. The van der Waals surface area contributed by atoms with Crippen LogP contribution in [0.1, 0.15) is 48.7 Å². The van der Waals surface area contributed by atoms with E-state index >= 15 is 0 Å². The van der Waals surface area contributed by atoms with E-state index < -0.39 is 0 Å². The number of allylic oxidation sites excluding steroid dienone is 3. The van der Waals surface area contributed by atoms with Gasteiger partial charge in [0.15, 0.2) is 6.29 Å². The summed E-state index contributed by atoms with van der Waals surface area (Å²) in [5.74, 6) is 0.310. The van der Waals surface area contributed by atoms with Crippen LogP contribution in [-0.2, 0) is 0 Å². The Morgan fingerprint density at radius 1 is 1.40 bits per heavy atom. The van der Waals surface area contributed by atoms with Crippen molar-refractivity contribution in [2.45, 2.75) is 34.1 Å². The lowest BCUT2D eigenvalue weighted by Gasteiger charge is -2.08. The summed E-state index contributed by atoms with van der Waals surface area (Å²) >= 11 is 0. The first-order chi connectivity index (χ1) is 9.40. The molecular formula is C17H22O3. The molecule has 3 heteroatoms. The van der Waals surface area contributed by atoms with Gasteiger partial charge in [0.05, 0.1) is 5.56 Å². The molecule has 3 nitrogen and oxygen atoms in total. The highest BCUT2D eigenvalue weighted by Gasteiger charge is 2.12. The minimum atomic E-state index is -0.164. The van der Waals surface area contributed by atoms with Crippen LogP contribution in [0.5, 0.6) is 11.5 Å². The number of hydrogen-bond donors (Lipinski definition) is 2. The van der Waals surface area contributed by atoms with E-state index in [-0.39, 0.29) is 17.1 Å². The molecule has 0 heterocycles. The monoisotopic (exact) mass is 274 g/mol. The molecule has 0 aliphatic carbocycles. The maximum Gasteiger partial charge on any atom is 0.154 e. The maximum atomic E-state index is 11.1. The second-order valence-corrected chi connectivity index (χ2v) is 5.12. The molecule has 20 heavy (non-hydrogen) atoms. The first-order valence-corrected chi connectivity index (χ1v) is 6.77. The van der Waals surface area contributed by atoms with Crippen molar-refractivity contribution in [3.05, 3.63) is 40.5 Å². The maximum absolute atomic E-state index is 11.1. The standard InChI is InChI=1S/C17H22O3/c1-5-11(2)8-12(3)6-7-14-9-16(19)13(4)17(20)15(14)10-18/h6-11,19-20H,5H2,1-4H3. The summed E-state index contributed by atoms with van der Waals surface area (Å²) < 4.78 is 0. The molecule has 0 fully saturated rings. The van der Waals surface area contributed by atoms with Crippen LogP contribution in [0.3, 0.4) is 0 Å². The molecule has 1 atom stereocenters. The van der Waals surface area contributed by atoms with Crippen LogP contribution in [0.25, 0.3) is 6.08 Å². The molecule has 0 aliphatic rings. The molecule has 1 unspecified atom stereocenters. The predicted octanol–water partition coefficient (Wildman–Crippen LogP) is 4.22. The Labute approximate surface area is 120 Å². The fourth-order valence-corrected chi connectivity index (χ4v) is 1.90. The zero-order chi connectivity index (χ0) is 15.3. The van der Waals surface area contributed by atoms with Crippen LogP contribution in [0.2, 0.25) is 0 Å². The van der Waals surface area contributed by atoms with Gasteiger partial charge in [0.25, 0.3) is 0 Å². The summed E-state index contributed by atoms with van der Waals surface area (Å²) in [6, 6.07) is 1.49. The number of rotatable bonds is 5. The lowest BCUT2D eigenvalue weighted by Crippen LogP contribution is -1.91. The number of carbonyl (C=O) groups excluding carboxylic acids is 1. The summed E-state index contributed by atoms with van der Waals surface area (Å²) in [5, 5.41) is 19.6. The Balaban J connectivity index is 3.16. The van der Waals surface area contributed by atoms with Crippen LogP contribution < -0.4 is 0 Å². The molecule has 0 spiro atoms. The van der Waals surface area contributed by atoms with E-state index in [0.717, 1.165) is 12.0 Å². The van der Waals surface area contributed by atoms with Gasteiger partial charge in [0, 0.05) is 5.56 Å². The van der Waals surface area contributed by atoms with Crippen molar-refractivity contribution in [3.63, 3.8) is 0 Å². The molecule has 0 bridgehead atoms. The van der Waals surface area contributed by atoms with Crippen LogP contribution in [0.4, 0.5) is 0 Å². The van der Waals surface area contributed by atoms with Crippen molar-refractivity contribution in [2.75, 3.05) is 0 Å². The fraction of sp³-hybridized carbons (Fsp3) is 0.353. The van der Waals surface area contributed by atoms with E-state index in [1.165, 1.54) is 6.07 Å². The zero-order valence-corrected chi connectivity index (χ0v) is 12.5. The third kappa shape index (κ3) is 3.73. The summed E-state index contributed by atoms with van der Waals surface area (Å²) in [6.45, 7) is 7.81. The quantitative estimate of drug-likeness (QED) is 0.624. The van der Waals surface area contributed by atoms with E-state index in [1.54, 1.807) is 13.0 Å². The second kappa shape index (κ2) is 6.94. The highest BCUT2D eigenvalue weighted by Crippen LogP contribution is 2.32. The average Bonchev–Trinajstić information content (AvgIpc) is 2.42. The fourth-order valence-electron chi connectivity index (χ4n) is 1.90. The Hall–Kier alpha value is -2.03. The predicted molar refractivity (Wildman–Crippen MR) is 82.1 cm³/mol. The lowest BCUT2D eigenvalue weighted by molar-refractivity contribution is 0.112. The van der Waals surface area contributed by atoms with Crippen LogP contribution >= 0.6 is 0 Å². The largest absolute Gasteiger partial charge is 0.508 e. The molecule has 1 rings (SSSR count). The van der Waals surface area contributed by atoms with Crippen molar-refractivity contribution in [1.82, 2.24) is 0 Å². The minimum Gasteiger partial charge on any atom is -0.508 e. The van der Waals surface area contributed by atoms with Gasteiger partial charge in [0.1, 0.15) is 11.5 Å². The van der Waals surface area contributed by atoms with Crippen molar-refractivity contribution in [2.24, 2.45) is 5.92 Å². The molecular weight excluding hydrogens is 252 g/mol. The summed E-state index contributed by atoms with van der Waals surface area (Å²) in [5.41, 5.74) is 2.11. The van der Waals surface area contributed by atoms with Gasteiger partial charge in [-0.05, 0) is 31.4 Å². The topological polar surface area (TPSA) is 57.5 Å². The van der Waals surface area contributed by atoms with Gasteiger partial charge in [-0.1, -0.05) is 44.1 Å². The van der Waals surface area contributed by atoms with Crippen molar-refractivity contribution < 1.29 is 15.0 Å². The Morgan fingerprint density at radius 2 is 2.05 bits per heavy atom. The van der Waals surface area contributed by atoms with Gasteiger partial charge >= 0.3 is 0 Å². The van der Waals surface area contributed by atoms with Gasteiger partial charge in [-0.25, -0.2) is 0 Å². The van der Waals surface area contributed by atoms with E-state index in [4.69, 9.17) is 0 Å². The highest BCUT2D eigenvalue weighted by molar-refractivity contribution is 5.87. The van der Waals surface area contributed by atoms with Crippen molar-refractivity contribution >= 4 is 12.4 Å². The van der Waals surface area contributed by atoms with Gasteiger partial charge in [-0.3, -0.25) is 4.79 Å². The van der Waals surface area contributed by atoms with Gasteiger partial charge in [-0.2, -0.15) is 0 Å². The van der Waals surface area contributed by atoms with E-state index in [1.807, 2.05) is 13.0 Å². The van der Waals surface area contributed by atoms with Gasteiger partial charge in [0.2, 0.25) is 0 Å². The molecule has 108 valence electrons. The number of benzene rings is 1. The number of phenols is 2. The number of carbonyl (C=O) groups is 1. The molecule has 0 aromatic heterocycles. The van der Waals surface area contributed by atoms with E-state index in [2.05, 4.69) is 19.9 Å². The van der Waals surface area contributed by atoms with Crippen molar-refractivity contribution in [1.29, 1.82) is 0 Å². The molecule has 0 saturated heterocycles. The molecule has 0 radical (unpaired) electrons.